The molecular weight excluding hydrogens is 626 g/mol. The van der Waals surface area contributed by atoms with Crippen LogP contribution in [0.15, 0.2) is 53.1 Å². The van der Waals surface area contributed by atoms with Gasteiger partial charge in [-0.2, -0.15) is 0 Å². The second-order valence-electron chi connectivity index (χ2n) is 11.9. The van der Waals surface area contributed by atoms with Crippen molar-refractivity contribution in [2.24, 2.45) is 5.92 Å². The molecule has 2 aromatic carbocycles. The number of carboxylic acid groups (broad SMARTS) is 1. The van der Waals surface area contributed by atoms with E-state index < -0.39 is 5.97 Å². The van der Waals surface area contributed by atoms with Crippen molar-refractivity contribution in [3.05, 3.63) is 64.6 Å². The first-order valence-electron chi connectivity index (χ1n) is 15.6. The average molecular weight is 660 g/mol. The Balaban J connectivity index is 1.03. The minimum absolute atomic E-state index is 0.100. The topological polar surface area (TPSA) is 154 Å². The minimum atomic E-state index is -0.689. The zero-order valence-electron chi connectivity index (χ0n) is 25.0. The van der Waals surface area contributed by atoms with Crippen LogP contribution in [0.3, 0.4) is 0 Å². The number of hydrogen-bond acceptors (Lipinski definition) is 10. The Bertz CT molecular complexity index is 1900. The van der Waals surface area contributed by atoms with Crippen molar-refractivity contribution in [1.82, 2.24) is 30.9 Å². The Morgan fingerprint density at radius 2 is 1.96 bits per heavy atom. The molecule has 2 fully saturated rings. The molecule has 1 aliphatic carbocycles. The number of thiazole rings is 1. The lowest BCUT2D eigenvalue weighted by atomic mass is 9.86. The molecule has 0 bridgehead atoms. The molecule has 11 nitrogen and oxygen atoms in total. The highest BCUT2D eigenvalue weighted by atomic mass is 35.5. The van der Waals surface area contributed by atoms with Gasteiger partial charge in [0.25, 0.3) is 0 Å². The van der Waals surface area contributed by atoms with Crippen LogP contribution in [0.1, 0.15) is 49.4 Å². The maximum atomic E-state index is 11.4. The number of carboxylic acids is 1. The molecule has 5 N–H and O–H groups in total. The maximum Gasteiger partial charge on any atom is 0.306 e. The third kappa shape index (κ3) is 6.70. The number of nitrogens with zero attached hydrogens (tertiary/aromatic N) is 3. The molecule has 7 rings (SSSR count). The Labute approximate surface area is 274 Å². The molecule has 0 unspecified atom stereocenters. The summed E-state index contributed by atoms with van der Waals surface area (Å²) in [6.07, 6.45) is 6.31. The fourth-order valence-corrected chi connectivity index (χ4v) is 7.42. The van der Waals surface area contributed by atoms with Crippen LogP contribution >= 0.6 is 22.9 Å². The number of aromatic nitrogens is 3. The number of benzene rings is 2. The normalized spacial score (nSPS) is 19.9. The van der Waals surface area contributed by atoms with Gasteiger partial charge in [-0.3, -0.25) is 9.59 Å². The molecule has 0 radical (unpaired) electrons. The van der Waals surface area contributed by atoms with Crippen molar-refractivity contribution < 1.29 is 19.1 Å². The van der Waals surface area contributed by atoms with E-state index in [9.17, 15) is 14.7 Å². The summed E-state index contributed by atoms with van der Waals surface area (Å²) >= 11 is 8.59. The van der Waals surface area contributed by atoms with Gasteiger partial charge in [0.05, 0.1) is 27.9 Å². The van der Waals surface area contributed by atoms with Crippen LogP contribution in [-0.4, -0.2) is 50.6 Å². The van der Waals surface area contributed by atoms with E-state index in [1.54, 1.807) is 17.5 Å². The number of hydrogen-bond donors (Lipinski definition) is 5. The number of pyridine rings is 1. The van der Waals surface area contributed by atoms with Crippen molar-refractivity contribution >= 4 is 67.6 Å². The Morgan fingerprint density at radius 1 is 1.09 bits per heavy atom. The lowest BCUT2D eigenvalue weighted by molar-refractivity contribution is -0.142. The zero-order chi connectivity index (χ0) is 31.6. The van der Waals surface area contributed by atoms with Gasteiger partial charge in [0.15, 0.2) is 11.4 Å². The monoisotopic (exact) mass is 659 g/mol. The molecule has 1 saturated heterocycles. The van der Waals surface area contributed by atoms with Crippen LogP contribution < -0.4 is 21.3 Å². The lowest BCUT2D eigenvalue weighted by Gasteiger charge is -2.26. The molecule has 2 aliphatic rings. The van der Waals surface area contributed by atoms with E-state index in [1.165, 1.54) is 0 Å². The molecular formula is C33H34ClN7O4S. The van der Waals surface area contributed by atoms with Crippen molar-refractivity contribution in [1.29, 1.82) is 0 Å². The standard InChI is InChI=1S/C33H34ClN7O4S/c34-30-22(19-6-10-25-24(14-19)39-28(45-25)16-35-15-21-9-11-27(42)38-21)2-1-3-23(30)40-32-31-26(12-13-36-32)46-29(41-31)17-37-20-7-4-18(5-8-20)33(43)44/h1-3,6,10,12-14,18,20-21,35,37H,4-5,7-9,11,15-17H2,(H,36,40)(H,38,42)(H,43,44)/t18?,20?,21-/m0/s1. The van der Waals surface area contributed by atoms with Gasteiger partial charge in [0.2, 0.25) is 11.8 Å². The molecule has 46 heavy (non-hydrogen) atoms. The fraction of sp³-hybridized carbons (Fsp3) is 0.364. The van der Waals surface area contributed by atoms with E-state index in [2.05, 4.69) is 31.2 Å². The number of carbonyl (C=O) groups excluding carboxylic acids is 1. The molecule has 1 aliphatic heterocycles. The van der Waals surface area contributed by atoms with Gasteiger partial charge >= 0.3 is 5.97 Å². The number of nitrogens with one attached hydrogen (secondary N) is 4. The van der Waals surface area contributed by atoms with Gasteiger partial charge < -0.3 is 30.8 Å². The Kier molecular flexibility index (Phi) is 8.85. The number of carbonyl (C=O) groups is 2. The second-order valence-corrected chi connectivity index (χ2v) is 13.4. The molecule has 5 aromatic rings. The van der Waals surface area contributed by atoms with Crippen LogP contribution in [0.4, 0.5) is 11.5 Å². The summed E-state index contributed by atoms with van der Waals surface area (Å²) in [5, 5.41) is 24.0. The number of oxazole rings is 1. The highest BCUT2D eigenvalue weighted by molar-refractivity contribution is 7.18. The number of aliphatic carboxylic acids is 1. The Morgan fingerprint density at radius 3 is 2.76 bits per heavy atom. The third-order valence-corrected chi connectivity index (χ3v) is 10.1. The Hall–Kier alpha value is -4.10. The maximum absolute atomic E-state index is 11.4. The van der Waals surface area contributed by atoms with Gasteiger partial charge in [0.1, 0.15) is 16.0 Å². The number of anilines is 2. The van der Waals surface area contributed by atoms with Crippen LogP contribution in [-0.2, 0) is 22.7 Å². The minimum Gasteiger partial charge on any atom is -0.481 e. The van der Waals surface area contributed by atoms with Crippen LogP contribution in [0, 0.1) is 5.92 Å². The fourth-order valence-electron chi connectivity index (χ4n) is 6.23. The van der Waals surface area contributed by atoms with Crippen LogP contribution in [0.25, 0.3) is 32.4 Å². The summed E-state index contributed by atoms with van der Waals surface area (Å²) in [7, 11) is 0. The summed E-state index contributed by atoms with van der Waals surface area (Å²) in [5.74, 6) is 0.396. The van der Waals surface area contributed by atoms with Crippen LogP contribution in [0.5, 0.6) is 0 Å². The SMILES string of the molecule is O=C1CC[C@@H](CNCc2nc3cc(-c4cccc(Nc5nccc6sc(CNC7CCC(C(=O)O)CC7)nc56)c4Cl)ccc3o2)N1. The molecule has 0 spiro atoms. The predicted octanol–water partition coefficient (Wildman–Crippen LogP) is 6.00. The molecule has 1 saturated carbocycles. The van der Waals surface area contributed by atoms with E-state index in [1.807, 2.05) is 42.5 Å². The predicted molar refractivity (Wildman–Crippen MR) is 178 cm³/mol. The molecule has 3 aromatic heterocycles. The number of amides is 1. The van der Waals surface area contributed by atoms with Gasteiger partial charge in [-0.05, 0) is 61.9 Å². The molecule has 4 heterocycles. The summed E-state index contributed by atoms with van der Waals surface area (Å²) in [6.45, 7) is 1.76. The van der Waals surface area contributed by atoms with E-state index in [0.29, 0.717) is 72.9 Å². The summed E-state index contributed by atoms with van der Waals surface area (Å²) in [5.41, 5.74) is 4.68. The summed E-state index contributed by atoms with van der Waals surface area (Å²) < 4.78 is 6.96. The van der Waals surface area contributed by atoms with Gasteiger partial charge in [0, 0.05) is 43.4 Å². The van der Waals surface area contributed by atoms with Crippen molar-refractivity contribution in [3.8, 4) is 11.1 Å². The summed E-state index contributed by atoms with van der Waals surface area (Å²) in [6, 6.07) is 14.1. The van der Waals surface area contributed by atoms with Gasteiger partial charge in [-0.25, -0.2) is 15.0 Å². The van der Waals surface area contributed by atoms with E-state index in [0.717, 1.165) is 51.1 Å². The molecule has 13 heteroatoms. The van der Waals surface area contributed by atoms with Gasteiger partial charge in [-0.1, -0.05) is 29.8 Å². The van der Waals surface area contributed by atoms with Crippen molar-refractivity contribution in [2.45, 2.75) is 63.7 Å². The van der Waals surface area contributed by atoms with Gasteiger partial charge in [-0.15, -0.1) is 11.3 Å². The van der Waals surface area contributed by atoms with Crippen molar-refractivity contribution in [2.75, 3.05) is 11.9 Å². The molecule has 1 atom stereocenters. The van der Waals surface area contributed by atoms with E-state index in [4.69, 9.17) is 21.0 Å². The number of halogens is 1. The molecule has 238 valence electrons. The molecule has 1 amide bonds. The average Bonchev–Trinajstić information content (AvgIpc) is 3.79. The summed E-state index contributed by atoms with van der Waals surface area (Å²) in [4.78, 5) is 36.8. The zero-order valence-corrected chi connectivity index (χ0v) is 26.6. The van der Waals surface area contributed by atoms with Crippen LogP contribution in [0.2, 0.25) is 5.02 Å². The quantitative estimate of drug-likeness (QED) is 0.114. The highest BCUT2D eigenvalue weighted by Crippen LogP contribution is 2.38. The lowest BCUT2D eigenvalue weighted by Crippen LogP contribution is -2.35. The number of rotatable bonds is 11. The highest BCUT2D eigenvalue weighted by Gasteiger charge is 2.26. The third-order valence-electron chi connectivity index (χ3n) is 8.72. The first kappa shape index (κ1) is 30.5. The first-order valence-corrected chi connectivity index (χ1v) is 16.7. The van der Waals surface area contributed by atoms with E-state index >= 15 is 0 Å². The second kappa shape index (κ2) is 13.3. The number of fused-ring (bicyclic) bond motifs is 2. The van der Waals surface area contributed by atoms with Crippen molar-refractivity contribution in [3.63, 3.8) is 0 Å². The smallest absolute Gasteiger partial charge is 0.306 e. The largest absolute Gasteiger partial charge is 0.481 e. The first-order chi connectivity index (χ1) is 22.4. The van der Waals surface area contributed by atoms with E-state index in [-0.39, 0.29) is 17.9 Å².